The van der Waals surface area contributed by atoms with Gasteiger partial charge in [0.25, 0.3) is 0 Å². The van der Waals surface area contributed by atoms with Crippen LogP contribution < -0.4 is 4.74 Å². The molecule has 0 fully saturated rings. The molecule has 0 bridgehead atoms. The van der Waals surface area contributed by atoms with E-state index in [1.165, 1.54) is 0 Å². The Morgan fingerprint density at radius 3 is 2.56 bits per heavy atom. The fraction of sp³-hybridized carbons (Fsp3) is 0.667. The summed E-state index contributed by atoms with van der Waals surface area (Å²) in [5.74, 6) is 1.85. The van der Waals surface area contributed by atoms with Gasteiger partial charge in [-0.05, 0) is 20.3 Å². The van der Waals surface area contributed by atoms with Crippen molar-refractivity contribution in [1.29, 1.82) is 0 Å². The molecule has 0 N–H and O–H groups in total. The molecule has 16 heavy (non-hydrogen) atoms. The number of hydrogen-bond acceptors (Lipinski definition) is 3. The van der Waals surface area contributed by atoms with E-state index >= 15 is 0 Å². The van der Waals surface area contributed by atoms with Crippen molar-refractivity contribution in [3.63, 3.8) is 0 Å². The van der Waals surface area contributed by atoms with Crippen LogP contribution in [0.25, 0.3) is 0 Å². The zero-order valence-corrected chi connectivity index (χ0v) is 11.9. The van der Waals surface area contributed by atoms with Gasteiger partial charge >= 0.3 is 0 Å². The summed E-state index contributed by atoms with van der Waals surface area (Å²) in [5, 5.41) is 0. The van der Waals surface area contributed by atoms with E-state index in [0.29, 0.717) is 23.2 Å². The molecule has 1 rings (SSSR count). The summed E-state index contributed by atoms with van der Waals surface area (Å²) in [6, 6.07) is 1.95. The normalized spacial score (nSPS) is 14.6. The molecule has 4 heteroatoms. The van der Waals surface area contributed by atoms with E-state index in [4.69, 9.17) is 4.74 Å². The molecule has 0 radical (unpaired) electrons. The quantitative estimate of drug-likeness (QED) is 0.778. The number of nitrogens with zero attached hydrogens (tertiary/aromatic N) is 2. The van der Waals surface area contributed by atoms with Crippen LogP contribution in [-0.4, -0.2) is 21.4 Å². The summed E-state index contributed by atoms with van der Waals surface area (Å²) in [6.07, 6.45) is 1.05. The van der Waals surface area contributed by atoms with Crippen molar-refractivity contribution in [2.45, 2.75) is 44.9 Å². The highest BCUT2D eigenvalue weighted by molar-refractivity contribution is 9.09. The van der Waals surface area contributed by atoms with Crippen LogP contribution in [-0.2, 0) is 0 Å². The number of aromatic nitrogens is 2. The molecule has 1 aromatic rings. The average Bonchev–Trinajstić information content (AvgIpc) is 2.17. The minimum atomic E-state index is 0.404. The summed E-state index contributed by atoms with van der Waals surface area (Å²) in [6.45, 7) is 8.81. The van der Waals surface area contributed by atoms with Gasteiger partial charge in [-0.2, -0.15) is 4.98 Å². The number of alkyl halides is 1. The molecule has 0 saturated carbocycles. The third-order valence-electron chi connectivity index (χ3n) is 2.50. The molecule has 1 aromatic heterocycles. The second-order valence-corrected chi connectivity index (χ2v) is 5.25. The van der Waals surface area contributed by atoms with Crippen LogP contribution in [0.3, 0.4) is 0 Å². The van der Waals surface area contributed by atoms with Gasteiger partial charge in [-0.1, -0.05) is 29.8 Å². The molecular formula is C12H19BrN2O. The Morgan fingerprint density at radius 2 is 2.06 bits per heavy atom. The molecule has 0 saturated heterocycles. The van der Waals surface area contributed by atoms with Gasteiger partial charge in [-0.3, -0.25) is 0 Å². The number of halogens is 1. The van der Waals surface area contributed by atoms with Crippen molar-refractivity contribution in [3.8, 4) is 5.88 Å². The standard InChI is InChI=1S/C12H19BrN2O/c1-5-10(8(3)13)11-7-12(16-6-2)15-9(4)14-11/h7-8,10H,5-6H2,1-4H3. The highest BCUT2D eigenvalue weighted by atomic mass is 79.9. The molecule has 0 aliphatic rings. The summed E-state index contributed by atoms with van der Waals surface area (Å²) < 4.78 is 5.44. The second-order valence-electron chi connectivity index (χ2n) is 3.80. The van der Waals surface area contributed by atoms with E-state index in [9.17, 15) is 0 Å². The van der Waals surface area contributed by atoms with Gasteiger partial charge in [0.05, 0.1) is 12.3 Å². The van der Waals surface area contributed by atoms with Gasteiger partial charge in [0.1, 0.15) is 5.82 Å². The maximum absolute atomic E-state index is 5.44. The summed E-state index contributed by atoms with van der Waals surface area (Å²) in [7, 11) is 0. The molecule has 0 aromatic carbocycles. The lowest BCUT2D eigenvalue weighted by Gasteiger charge is -2.18. The minimum Gasteiger partial charge on any atom is -0.478 e. The third kappa shape index (κ3) is 3.44. The predicted molar refractivity (Wildman–Crippen MR) is 69.4 cm³/mol. The van der Waals surface area contributed by atoms with E-state index in [0.717, 1.165) is 17.9 Å². The van der Waals surface area contributed by atoms with Crippen molar-refractivity contribution < 1.29 is 4.74 Å². The van der Waals surface area contributed by atoms with E-state index in [-0.39, 0.29) is 0 Å². The van der Waals surface area contributed by atoms with Crippen molar-refractivity contribution in [3.05, 3.63) is 17.6 Å². The summed E-state index contributed by atoms with van der Waals surface area (Å²) >= 11 is 3.62. The lowest BCUT2D eigenvalue weighted by Crippen LogP contribution is -2.11. The Morgan fingerprint density at radius 1 is 1.38 bits per heavy atom. The van der Waals surface area contributed by atoms with Crippen molar-refractivity contribution in [2.24, 2.45) is 0 Å². The Balaban J connectivity index is 3.02. The van der Waals surface area contributed by atoms with Crippen molar-refractivity contribution in [1.82, 2.24) is 9.97 Å². The molecule has 2 atom stereocenters. The monoisotopic (exact) mass is 286 g/mol. The molecule has 0 amide bonds. The van der Waals surface area contributed by atoms with Gasteiger partial charge in [0, 0.05) is 16.8 Å². The van der Waals surface area contributed by atoms with Crippen LogP contribution in [0.5, 0.6) is 5.88 Å². The van der Waals surface area contributed by atoms with E-state index in [2.05, 4.69) is 39.7 Å². The number of ether oxygens (including phenoxy) is 1. The van der Waals surface area contributed by atoms with Gasteiger partial charge in [-0.25, -0.2) is 4.98 Å². The molecule has 2 unspecified atom stereocenters. The highest BCUT2D eigenvalue weighted by Crippen LogP contribution is 2.28. The van der Waals surface area contributed by atoms with Crippen LogP contribution in [0.2, 0.25) is 0 Å². The van der Waals surface area contributed by atoms with Crippen LogP contribution in [0.15, 0.2) is 6.07 Å². The Labute approximate surface area is 106 Å². The lowest BCUT2D eigenvalue weighted by atomic mass is 9.99. The second kappa shape index (κ2) is 6.18. The largest absolute Gasteiger partial charge is 0.478 e. The Hall–Kier alpha value is -0.640. The fourth-order valence-electron chi connectivity index (χ4n) is 1.74. The van der Waals surface area contributed by atoms with Crippen LogP contribution in [0.1, 0.15) is 44.6 Å². The van der Waals surface area contributed by atoms with Gasteiger partial charge in [0.2, 0.25) is 5.88 Å². The van der Waals surface area contributed by atoms with Gasteiger partial charge in [-0.15, -0.1) is 0 Å². The smallest absolute Gasteiger partial charge is 0.216 e. The number of rotatable bonds is 5. The maximum Gasteiger partial charge on any atom is 0.216 e. The van der Waals surface area contributed by atoms with Crippen LogP contribution in [0.4, 0.5) is 0 Å². The zero-order valence-electron chi connectivity index (χ0n) is 10.3. The Bertz CT molecular complexity index is 342. The number of aryl methyl sites for hydroxylation is 1. The van der Waals surface area contributed by atoms with Crippen LogP contribution >= 0.6 is 15.9 Å². The summed E-state index contributed by atoms with van der Waals surface area (Å²) in [4.78, 5) is 9.14. The third-order valence-corrected chi connectivity index (χ3v) is 3.14. The molecule has 0 aliphatic carbocycles. The highest BCUT2D eigenvalue weighted by Gasteiger charge is 2.18. The topological polar surface area (TPSA) is 35.0 Å². The zero-order chi connectivity index (χ0) is 12.1. The molecule has 0 spiro atoms. The van der Waals surface area contributed by atoms with Crippen molar-refractivity contribution >= 4 is 15.9 Å². The minimum absolute atomic E-state index is 0.404. The first-order chi connectivity index (χ1) is 7.58. The first-order valence-electron chi connectivity index (χ1n) is 5.70. The fourth-order valence-corrected chi connectivity index (χ4v) is 2.39. The Kier molecular flexibility index (Phi) is 5.19. The van der Waals surface area contributed by atoms with E-state index in [1.807, 2.05) is 19.9 Å². The van der Waals surface area contributed by atoms with E-state index in [1.54, 1.807) is 0 Å². The van der Waals surface area contributed by atoms with Crippen LogP contribution in [0, 0.1) is 6.92 Å². The molecule has 1 heterocycles. The molecule has 90 valence electrons. The van der Waals surface area contributed by atoms with Crippen molar-refractivity contribution in [2.75, 3.05) is 6.61 Å². The first-order valence-corrected chi connectivity index (χ1v) is 6.62. The predicted octanol–water partition coefficient (Wildman–Crippen LogP) is 3.46. The first kappa shape index (κ1) is 13.4. The average molecular weight is 287 g/mol. The lowest BCUT2D eigenvalue weighted by molar-refractivity contribution is 0.324. The van der Waals surface area contributed by atoms with E-state index < -0.39 is 0 Å². The maximum atomic E-state index is 5.44. The SMILES string of the molecule is CCOc1cc(C(CC)C(C)Br)nc(C)n1. The number of hydrogen-bond donors (Lipinski definition) is 0. The summed E-state index contributed by atoms with van der Waals surface area (Å²) in [5.41, 5.74) is 1.06. The molecule has 3 nitrogen and oxygen atoms in total. The van der Waals surface area contributed by atoms with Gasteiger partial charge in [0.15, 0.2) is 0 Å². The molecule has 0 aliphatic heterocycles. The molecular weight excluding hydrogens is 268 g/mol. The van der Waals surface area contributed by atoms with Gasteiger partial charge < -0.3 is 4.74 Å².